The number of carbonyl (C=O) groups is 3. The summed E-state index contributed by atoms with van der Waals surface area (Å²) in [7, 11) is 0. The number of carbonyl (C=O) groups excluding carboxylic acids is 3. The van der Waals surface area contributed by atoms with Crippen molar-refractivity contribution in [3.63, 3.8) is 0 Å². The molecule has 1 aromatic heterocycles. The van der Waals surface area contributed by atoms with E-state index in [1.54, 1.807) is 26.0 Å². The van der Waals surface area contributed by atoms with Crippen LogP contribution in [-0.4, -0.2) is 40.9 Å². The molecular weight excluding hydrogens is 332 g/mol. The van der Waals surface area contributed by atoms with Crippen molar-refractivity contribution in [2.75, 3.05) is 16.8 Å². The van der Waals surface area contributed by atoms with E-state index in [0.29, 0.717) is 28.4 Å². The maximum Gasteiger partial charge on any atom is 0.268 e. The van der Waals surface area contributed by atoms with Gasteiger partial charge in [0.25, 0.3) is 5.91 Å². The number of benzene rings is 1. The van der Waals surface area contributed by atoms with Gasteiger partial charge in [0.15, 0.2) is 6.10 Å². The standard InChI is InChI=1S/C15H14N4O4S/c1-8-14(22)19(6-13(21)16-15-18-17-9(2)24-15)11-5-10(7-20)3-4-12(11)23-8/h3-5,7-8H,6H2,1-2H3,(H,16,18,21). The number of rotatable bonds is 4. The van der Waals surface area contributed by atoms with Crippen LogP contribution < -0.4 is 15.0 Å². The first-order valence-electron chi connectivity index (χ1n) is 7.15. The lowest BCUT2D eigenvalue weighted by Gasteiger charge is -2.32. The van der Waals surface area contributed by atoms with E-state index in [1.807, 2.05) is 0 Å². The van der Waals surface area contributed by atoms with E-state index in [4.69, 9.17) is 4.74 Å². The molecule has 2 aromatic rings. The topological polar surface area (TPSA) is 101 Å². The van der Waals surface area contributed by atoms with Crippen LogP contribution in [0.15, 0.2) is 18.2 Å². The summed E-state index contributed by atoms with van der Waals surface area (Å²) >= 11 is 1.24. The van der Waals surface area contributed by atoms with E-state index in [0.717, 1.165) is 5.01 Å². The molecule has 1 aliphatic rings. The van der Waals surface area contributed by atoms with Crippen molar-refractivity contribution in [1.29, 1.82) is 0 Å². The minimum Gasteiger partial charge on any atom is -0.479 e. The molecule has 0 fully saturated rings. The molecule has 0 radical (unpaired) electrons. The van der Waals surface area contributed by atoms with Crippen molar-refractivity contribution in [1.82, 2.24) is 10.2 Å². The van der Waals surface area contributed by atoms with Crippen molar-refractivity contribution >= 4 is 40.3 Å². The van der Waals surface area contributed by atoms with Crippen LogP contribution in [0.1, 0.15) is 22.3 Å². The Labute approximate surface area is 141 Å². The third-order valence-corrected chi connectivity index (χ3v) is 4.16. The molecule has 0 spiro atoms. The largest absolute Gasteiger partial charge is 0.479 e. The molecule has 1 N–H and O–H groups in total. The summed E-state index contributed by atoms with van der Waals surface area (Å²) in [5.74, 6) is -0.308. The number of aryl methyl sites for hydroxylation is 1. The highest BCUT2D eigenvalue weighted by molar-refractivity contribution is 7.15. The Morgan fingerprint density at radius 3 is 2.92 bits per heavy atom. The summed E-state index contributed by atoms with van der Waals surface area (Å²) in [5, 5.41) is 11.3. The van der Waals surface area contributed by atoms with E-state index in [9.17, 15) is 14.4 Å². The van der Waals surface area contributed by atoms with Gasteiger partial charge in [-0.05, 0) is 32.0 Å². The number of ether oxygens (including phenoxy) is 1. The van der Waals surface area contributed by atoms with Gasteiger partial charge < -0.3 is 4.74 Å². The number of aromatic nitrogens is 2. The zero-order chi connectivity index (χ0) is 17.3. The highest BCUT2D eigenvalue weighted by Gasteiger charge is 2.33. The Bertz CT molecular complexity index is 820. The molecule has 1 aliphatic heterocycles. The van der Waals surface area contributed by atoms with E-state index >= 15 is 0 Å². The number of fused-ring (bicyclic) bond motifs is 1. The summed E-state index contributed by atoms with van der Waals surface area (Å²) < 4.78 is 5.52. The first-order chi connectivity index (χ1) is 11.5. The lowest BCUT2D eigenvalue weighted by atomic mass is 10.1. The average molecular weight is 346 g/mol. The van der Waals surface area contributed by atoms with Crippen LogP contribution in [0.25, 0.3) is 0 Å². The number of hydrogen-bond donors (Lipinski definition) is 1. The first kappa shape index (κ1) is 16.1. The third-order valence-electron chi connectivity index (χ3n) is 3.40. The van der Waals surface area contributed by atoms with E-state index in [-0.39, 0.29) is 12.5 Å². The normalized spacial score (nSPS) is 16.3. The summed E-state index contributed by atoms with van der Waals surface area (Å²) in [6.07, 6.45) is -0.0402. The minimum atomic E-state index is -0.712. The lowest BCUT2D eigenvalue weighted by Crippen LogP contribution is -2.47. The third kappa shape index (κ3) is 3.11. The predicted molar refractivity (Wildman–Crippen MR) is 87.5 cm³/mol. The molecule has 1 unspecified atom stereocenters. The molecule has 124 valence electrons. The SMILES string of the molecule is Cc1nnc(NC(=O)CN2C(=O)C(C)Oc3ccc(C=O)cc32)s1. The molecule has 0 aliphatic carbocycles. The molecule has 24 heavy (non-hydrogen) atoms. The van der Waals surface area contributed by atoms with Crippen LogP contribution >= 0.6 is 11.3 Å². The number of aldehydes is 1. The lowest BCUT2D eigenvalue weighted by molar-refractivity contribution is -0.127. The molecule has 8 nitrogen and oxygen atoms in total. The van der Waals surface area contributed by atoms with Gasteiger partial charge in [0.2, 0.25) is 11.0 Å². The van der Waals surface area contributed by atoms with Crippen LogP contribution in [0, 0.1) is 6.92 Å². The number of hydrogen-bond acceptors (Lipinski definition) is 7. The van der Waals surface area contributed by atoms with Crippen molar-refractivity contribution in [2.24, 2.45) is 0 Å². The molecule has 0 saturated heterocycles. The zero-order valence-electron chi connectivity index (χ0n) is 13.0. The Morgan fingerprint density at radius 2 is 2.25 bits per heavy atom. The highest BCUT2D eigenvalue weighted by atomic mass is 32.1. The predicted octanol–water partition coefficient (Wildman–Crippen LogP) is 1.41. The van der Waals surface area contributed by atoms with Crippen LogP contribution in [0.5, 0.6) is 5.75 Å². The van der Waals surface area contributed by atoms with Gasteiger partial charge in [-0.2, -0.15) is 0 Å². The molecule has 2 heterocycles. The summed E-state index contributed by atoms with van der Waals surface area (Å²) in [4.78, 5) is 36.9. The van der Waals surface area contributed by atoms with Crippen molar-refractivity contribution < 1.29 is 19.1 Å². The fourth-order valence-electron chi connectivity index (χ4n) is 2.31. The minimum absolute atomic E-state index is 0.208. The summed E-state index contributed by atoms with van der Waals surface area (Å²) in [6, 6.07) is 4.73. The second-order valence-electron chi connectivity index (χ2n) is 5.20. The van der Waals surface area contributed by atoms with Crippen molar-refractivity contribution in [3.05, 3.63) is 28.8 Å². The molecule has 1 aromatic carbocycles. The number of nitrogens with one attached hydrogen (secondary N) is 1. The van der Waals surface area contributed by atoms with Gasteiger partial charge in [0.05, 0.1) is 5.69 Å². The second-order valence-corrected chi connectivity index (χ2v) is 6.39. The number of nitrogens with zero attached hydrogens (tertiary/aromatic N) is 3. The Balaban J connectivity index is 1.84. The molecule has 0 bridgehead atoms. The molecule has 3 rings (SSSR count). The van der Waals surface area contributed by atoms with Crippen LogP contribution in [-0.2, 0) is 9.59 Å². The Kier molecular flexibility index (Phi) is 4.26. The van der Waals surface area contributed by atoms with E-state index in [2.05, 4.69) is 15.5 Å². The van der Waals surface area contributed by atoms with E-state index in [1.165, 1.54) is 22.3 Å². The smallest absolute Gasteiger partial charge is 0.268 e. The number of anilines is 2. The van der Waals surface area contributed by atoms with Crippen LogP contribution in [0.2, 0.25) is 0 Å². The van der Waals surface area contributed by atoms with Gasteiger partial charge >= 0.3 is 0 Å². The first-order valence-corrected chi connectivity index (χ1v) is 7.97. The molecular formula is C15H14N4O4S. The number of amides is 2. The maximum absolute atomic E-state index is 12.4. The average Bonchev–Trinajstić information content (AvgIpc) is 2.96. The van der Waals surface area contributed by atoms with Crippen molar-refractivity contribution in [2.45, 2.75) is 20.0 Å². The molecule has 0 saturated carbocycles. The van der Waals surface area contributed by atoms with Gasteiger partial charge in [0.1, 0.15) is 23.6 Å². The van der Waals surface area contributed by atoms with Gasteiger partial charge in [-0.15, -0.1) is 10.2 Å². The second kappa shape index (κ2) is 6.36. The van der Waals surface area contributed by atoms with E-state index < -0.39 is 12.0 Å². The fourth-order valence-corrected chi connectivity index (χ4v) is 2.92. The monoisotopic (exact) mass is 346 g/mol. The summed E-state index contributed by atoms with van der Waals surface area (Å²) in [5.41, 5.74) is 0.788. The highest BCUT2D eigenvalue weighted by Crippen LogP contribution is 2.34. The summed E-state index contributed by atoms with van der Waals surface area (Å²) in [6.45, 7) is 3.18. The Morgan fingerprint density at radius 1 is 1.46 bits per heavy atom. The quantitative estimate of drug-likeness (QED) is 0.840. The Hall–Kier alpha value is -2.81. The van der Waals surface area contributed by atoms with Gasteiger partial charge in [0, 0.05) is 5.56 Å². The van der Waals surface area contributed by atoms with Gasteiger partial charge in [-0.25, -0.2) is 0 Å². The molecule has 2 amide bonds. The maximum atomic E-state index is 12.4. The molecule has 9 heteroatoms. The molecule has 1 atom stereocenters. The van der Waals surface area contributed by atoms with Crippen LogP contribution in [0.3, 0.4) is 0 Å². The van der Waals surface area contributed by atoms with Gasteiger partial charge in [-0.3, -0.25) is 24.6 Å². The zero-order valence-corrected chi connectivity index (χ0v) is 13.8. The fraction of sp³-hybridized carbons (Fsp3) is 0.267. The van der Waals surface area contributed by atoms with Crippen LogP contribution in [0.4, 0.5) is 10.8 Å². The van der Waals surface area contributed by atoms with Gasteiger partial charge in [-0.1, -0.05) is 11.3 Å². The van der Waals surface area contributed by atoms with Crippen molar-refractivity contribution in [3.8, 4) is 5.75 Å².